The molecule has 0 spiro atoms. The Morgan fingerprint density at radius 2 is 1.66 bits per heavy atom. The molecule has 35 heavy (non-hydrogen) atoms. The molecule has 3 aromatic rings. The van der Waals surface area contributed by atoms with Crippen LogP contribution in [0, 0.1) is 5.92 Å². The number of aromatic nitrogens is 1. The third-order valence-electron chi connectivity index (χ3n) is 7.11. The fourth-order valence-electron chi connectivity index (χ4n) is 5.29. The molecule has 2 saturated heterocycles. The molecule has 5 rings (SSSR count). The van der Waals surface area contributed by atoms with Crippen molar-refractivity contribution in [2.24, 2.45) is 5.92 Å². The van der Waals surface area contributed by atoms with Crippen molar-refractivity contribution >= 4 is 38.3 Å². The zero-order chi connectivity index (χ0) is 24.4. The summed E-state index contributed by atoms with van der Waals surface area (Å²) in [5.41, 5.74) is 1.06. The second-order valence-corrected chi connectivity index (χ2v) is 11.6. The van der Waals surface area contributed by atoms with E-state index in [4.69, 9.17) is 11.6 Å². The maximum absolute atomic E-state index is 13.6. The summed E-state index contributed by atoms with van der Waals surface area (Å²) in [5.74, 6) is 0.314. The molecule has 1 unspecified atom stereocenters. The van der Waals surface area contributed by atoms with Crippen LogP contribution in [0.3, 0.4) is 0 Å². The predicted octanol–water partition coefficient (Wildman–Crippen LogP) is 3.85. The maximum atomic E-state index is 13.6. The Kier molecular flexibility index (Phi) is 7.07. The van der Waals surface area contributed by atoms with Crippen LogP contribution in [0.1, 0.15) is 30.9 Å². The Labute approximate surface area is 211 Å². The molecule has 2 fully saturated rings. The molecule has 0 bridgehead atoms. The summed E-state index contributed by atoms with van der Waals surface area (Å²) < 4.78 is 28.6. The van der Waals surface area contributed by atoms with E-state index >= 15 is 0 Å². The van der Waals surface area contributed by atoms with E-state index in [1.54, 1.807) is 36.7 Å². The SMILES string of the molecule is O=C1CCN(S(=O)(=O)c2ccc3cc(Cl)ccc3c2)CCN1C(c1ccncc1)C1CCNCC1. The number of sulfonamides is 1. The molecule has 0 radical (unpaired) electrons. The van der Waals surface area contributed by atoms with Gasteiger partial charge in [-0.15, -0.1) is 0 Å². The molecule has 1 atom stereocenters. The first-order valence-corrected chi connectivity index (χ1v) is 13.8. The van der Waals surface area contributed by atoms with Crippen LogP contribution < -0.4 is 5.32 Å². The fraction of sp³-hybridized carbons (Fsp3) is 0.385. The highest BCUT2D eigenvalue weighted by atomic mass is 35.5. The summed E-state index contributed by atoms with van der Waals surface area (Å²) in [6.45, 7) is 2.63. The number of halogens is 1. The van der Waals surface area contributed by atoms with Crippen molar-refractivity contribution in [3.63, 3.8) is 0 Å². The zero-order valence-corrected chi connectivity index (χ0v) is 21.0. The summed E-state index contributed by atoms with van der Waals surface area (Å²) in [4.78, 5) is 19.6. The highest BCUT2D eigenvalue weighted by Gasteiger charge is 2.36. The number of nitrogens with zero attached hydrogens (tertiary/aromatic N) is 3. The van der Waals surface area contributed by atoms with Crippen molar-refractivity contribution in [3.05, 3.63) is 71.5 Å². The molecule has 2 aliphatic heterocycles. The summed E-state index contributed by atoms with van der Waals surface area (Å²) in [6, 6.07) is 14.3. The van der Waals surface area contributed by atoms with Gasteiger partial charge < -0.3 is 10.2 Å². The number of amides is 1. The van der Waals surface area contributed by atoms with Gasteiger partial charge in [0.25, 0.3) is 0 Å². The van der Waals surface area contributed by atoms with Gasteiger partial charge >= 0.3 is 0 Å². The minimum Gasteiger partial charge on any atom is -0.334 e. The van der Waals surface area contributed by atoms with E-state index in [1.165, 1.54) is 4.31 Å². The summed E-state index contributed by atoms with van der Waals surface area (Å²) >= 11 is 6.07. The van der Waals surface area contributed by atoms with Crippen LogP contribution in [-0.4, -0.2) is 61.2 Å². The van der Waals surface area contributed by atoms with Crippen molar-refractivity contribution < 1.29 is 13.2 Å². The number of piperidine rings is 1. The zero-order valence-electron chi connectivity index (χ0n) is 19.4. The Balaban J connectivity index is 1.41. The van der Waals surface area contributed by atoms with Gasteiger partial charge in [-0.25, -0.2) is 8.42 Å². The van der Waals surface area contributed by atoms with Crippen LogP contribution in [0.4, 0.5) is 0 Å². The van der Waals surface area contributed by atoms with E-state index in [0.717, 1.165) is 42.3 Å². The van der Waals surface area contributed by atoms with Gasteiger partial charge in [-0.1, -0.05) is 23.7 Å². The molecule has 184 valence electrons. The summed E-state index contributed by atoms with van der Waals surface area (Å²) in [6.07, 6.45) is 5.62. The second kappa shape index (κ2) is 10.2. The third kappa shape index (κ3) is 5.07. The molecule has 0 aliphatic carbocycles. The number of rotatable bonds is 5. The number of fused-ring (bicyclic) bond motifs is 1. The number of carbonyl (C=O) groups is 1. The minimum absolute atomic E-state index is 0.00352. The van der Waals surface area contributed by atoms with Gasteiger partial charge in [-0.2, -0.15) is 4.31 Å². The number of hydrogen-bond acceptors (Lipinski definition) is 5. The van der Waals surface area contributed by atoms with E-state index in [9.17, 15) is 13.2 Å². The highest BCUT2D eigenvalue weighted by Crippen LogP contribution is 2.35. The van der Waals surface area contributed by atoms with Crippen molar-refractivity contribution in [3.8, 4) is 0 Å². The van der Waals surface area contributed by atoms with E-state index < -0.39 is 10.0 Å². The average molecular weight is 513 g/mol. The van der Waals surface area contributed by atoms with Crippen molar-refractivity contribution in [2.75, 3.05) is 32.7 Å². The second-order valence-electron chi connectivity index (χ2n) is 9.21. The first kappa shape index (κ1) is 24.2. The van der Waals surface area contributed by atoms with Crippen LogP contribution >= 0.6 is 11.6 Å². The number of nitrogens with one attached hydrogen (secondary N) is 1. The quantitative estimate of drug-likeness (QED) is 0.561. The lowest BCUT2D eigenvalue weighted by molar-refractivity contribution is -0.134. The van der Waals surface area contributed by atoms with Gasteiger partial charge in [-0.05, 0) is 84.6 Å². The lowest BCUT2D eigenvalue weighted by Crippen LogP contribution is -2.43. The van der Waals surface area contributed by atoms with Crippen LogP contribution in [0.2, 0.25) is 5.02 Å². The first-order chi connectivity index (χ1) is 16.9. The van der Waals surface area contributed by atoms with Gasteiger partial charge in [-0.3, -0.25) is 9.78 Å². The van der Waals surface area contributed by atoms with Crippen LogP contribution in [0.15, 0.2) is 65.8 Å². The van der Waals surface area contributed by atoms with E-state index in [1.807, 2.05) is 29.2 Å². The lowest BCUT2D eigenvalue weighted by atomic mass is 9.85. The van der Waals surface area contributed by atoms with Gasteiger partial charge in [0.15, 0.2) is 0 Å². The summed E-state index contributed by atoms with van der Waals surface area (Å²) in [7, 11) is -3.75. The van der Waals surface area contributed by atoms with Crippen LogP contribution in [0.5, 0.6) is 0 Å². The lowest BCUT2D eigenvalue weighted by Gasteiger charge is -2.39. The predicted molar refractivity (Wildman–Crippen MR) is 137 cm³/mol. The Bertz CT molecular complexity index is 1310. The monoisotopic (exact) mass is 512 g/mol. The first-order valence-electron chi connectivity index (χ1n) is 12.0. The minimum atomic E-state index is -3.75. The fourth-order valence-corrected chi connectivity index (χ4v) is 6.93. The topological polar surface area (TPSA) is 82.6 Å². The maximum Gasteiger partial charge on any atom is 0.243 e. The van der Waals surface area contributed by atoms with E-state index in [0.29, 0.717) is 17.5 Å². The molecular weight excluding hydrogens is 484 g/mol. The van der Waals surface area contributed by atoms with E-state index in [2.05, 4.69) is 10.3 Å². The smallest absolute Gasteiger partial charge is 0.243 e. The van der Waals surface area contributed by atoms with Crippen molar-refractivity contribution in [1.29, 1.82) is 0 Å². The number of pyridine rings is 1. The summed E-state index contributed by atoms with van der Waals surface area (Å²) in [5, 5.41) is 5.70. The number of benzene rings is 2. The van der Waals surface area contributed by atoms with Crippen molar-refractivity contribution in [2.45, 2.75) is 30.2 Å². The van der Waals surface area contributed by atoms with Gasteiger partial charge in [0.2, 0.25) is 15.9 Å². The molecule has 9 heteroatoms. The van der Waals surface area contributed by atoms with E-state index in [-0.39, 0.29) is 36.4 Å². The molecular formula is C26H29ClN4O3S. The molecule has 7 nitrogen and oxygen atoms in total. The molecule has 1 amide bonds. The van der Waals surface area contributed by atoms with Crippen molar-refractivity contribution in [1.82, 2.24) is 19.5 Å². The van der Waals surface area contributed by atoms with Crippen LogP contribution in [-0.2, 0) is 14.8 Å². The molecule has 0 saturated carbocycles. The number of hydrogen-bond donors (Lipinski definition) is 1. The third-order valence-corrected chi connectivity index (χ3v) is 9.24. The standard InChI is InChI=1S/C26H29ClN4O3S/c27-23-3-1-22-18-24(4-2-21(22)17-23)35(33,34)30-14-9-25(32)31(16-15-30)26(19-5-10-28-11-6-19)20-7-12-29-13-8-20/h1-6,10-11,17-18,20,26,29H,7-9,12-16H2. The molecule has 1 aromatic heterocycles. The van der Waals surface area contributed by atoms with Gasteiger partial charge in [0, 0.05) is 43.5 Å². The number of carbonyl (C=O) groups excluding carboxylic acids is 1. The Hall–Kier alpha value is -2.52. The highest BCUT2D eigenvalue weighted by molar-refractivity contribution is 7.89. The molecule has 3 heterocycles. The average Bonchev–Trinajstić information content (AvgIpc) is 3.07. The Morgan fingerprint density at radius 1 is 0.943 bits per heavy atom. The molecule has 1 N–H and O–H groups in total. The normalized spacial score (nSPS) is 19.6. The van der Waals surface area contributed by atoms with Gasteiger partial charge in [0.05, 0.1) is 10.9 Å². The Morgan fingerprint density at radius 3 is 2.43 bits per heavy atom. The van der Waals surface area contributed by atoms with Gasteiger partial charge in [0.1, 0.15) is 0 Å². The largest absolute Gasteiger partial charge is 0.334 e. The molecule has 2 aliphatic rings. The molecule has 2 aromatic carbocycles. The van der Waals surface area contributed by atoms with Crippen LogP contribution in [0.25, 0.3) is 10.8 Å².